The van der Waals surface area contributed by atoms with Gasteiger partial charge < -0.3 is 9.80 Å². The van der Waals surface area contributed by atoms with Gasteiger partial charge in [0, 0.05) is 31.9 Å². The highest BCUT2D eigenvalue weighted by molar-refractivity contribution is 5.47. The SMILES string of the molecule is O=CN(CCCC1CCCN(c2ncccc2F)C1)C1CCCCC1. The van der Waals surface area contributed by atoms with Crippen LogP contribution in [-0.2, 0) is 4.79 Å². The van der Waals surface area contributed by atoms with Gasteiger partial charge in [0.25, 0.3) is 0 Å². The molecule has 4 nitrogen and oxygen atoms in total. The molecule has 1 amide bonds. The molecule has 5 heteroatoms. The minimum atomic E-state index is -0.229. The molecule has 2 aliphatic rings. The fourth-order valence-corrected chi connectivity index (χ4v) is 4.40. The van der Waals surface area contributed by atoms with Crippen molar-refractivity contribution < 1.29 is 9.18 Å². The molecule has 3 rings (SSSR count). The fraction of sp³-hybridized carbons (Fsp3) is 0.700. The van der Waals surface area contributed by atoms with E-state index in [0.717, 1.165) is 58.1 Å². The van der Waals surface area contributed by atoms with E-state index >= 15 is 0 Å². The van der Waals surface area contributed by atoms with Crippen molar-refractivity contribution in [3.63, 3.8) is 0 Å². The first kappa shape index (κ1) is 18.2. The van der Waals surface area contributed by atoms with Gasteiger partial charge in [-0.25, -0.2) is 9.37 Å². The second-order valence-corrected chi connectivity index (χ2v) is 7.54. The highest BCUT2D eigenvalue weighted by atomic mass is 19.1. The minimum absolute atomic E-state index is 0.229. The van der Waals surface area contributed by atoms with Crippen molar-refractivity contribution in [2.24, 2.45) is 5.92 Å². The first-order chi connectivity index (χ1) is 12.3. The van der Waals surface area contributed by atoms with Crippen molar-refractivity contribution in [1.29, 1.82) is 0 Å². The van der Waals surface area contributed by atoms with Crippen LogP contribution in [0.3, 0.4) is 0 Å². The molecular formula is C20H30FN3O. The topological polar surface area (TPSA) is 36.4 Å². The Hall–Kier alpha value is -1.65. The standard InChI is InChI=1S/C20H30FN3O/c21-19-11-4-12-22-20(19)23-13-5-7-17(15-23)8-6-14-24(16-25)18-9-2-1-3-10-18/h4,11-12,16-18H,1-3,5-10,13-15H2. The Morgan fingerprint density at radius 3 is 2.84 bits per heavy atom. The van der Waals surface area contributed by atoms with Gasteiger partial charge in [0.15, 0.2) is 11.6 Å². The van der Waals surface area contributed by atoms with Gasteiger partial charge in [-0.15, -0.1) is 0 Å². The van der Waals surface area contributed by atoms with Gasteiger partial charge in [0.05, 0.1) is 0 Å². The summed E-state index contributed by atoms with van der Waals surface area (Å²) in [6.07, 6.45) is 13.3. The maximum Gasteiger partial charge on any atom is 0.209 e. The lowest BCUT2D eigenvalue weighted by Crippen LogP contribution is -2.38. The lowest BCUT2D eigenvalue weighted by molar-refractivity contribution is -0.120. The number of carbonyl (C=O) groups is 1. The van der Waals surface area contributed by atoms with Gasteiger partial charge in [-0.2, -0.15) is 0 Å². The van der Waals surface area contributed by atoms with E-state index in [4.69, 9.17) is 0 Å². The van der Waals surface area contributed by atoms with Crippen LogP contribution < -0.4 is 4.90 Å². The van der Waals surface area contributed by atoms with Crippen molar-refractivity contribution in [1.82, 2.24) is 9.88 Å². The van der Waals surface area contributed by atoms with Crippen molar-refractivity contribution in [2.75, 3.05) is 24.5 Å². The van der Waals surface area contributed by atoms with Crippen LogP contribution in [0.15, 0.2) is 18.3 Å². The molecule has 25 heavy (non-hydrogen) atoms. The van der Waals surface area contributed by atoms with Crippen LogP contribution in [0, 0.1) is 11.7 Å². The largest absolute Gasteiger partial charge is 0.354 e. The van der Waals surface area contributed by atoms with Crippen LogP contribution in [0.1, 0.15) is 57.8 Å². The molecule has 2 fully saturated rings. The van der Waals surface area contributed by atoms with Crippen LogP contribution in [0.4, 0.5) is 10.2 Å². The van der Waals surface area contributed by atoms with Gasteiger partial charge in [-0.05, 0) is 56.6 Å². The minimum Gasteiger partial charge on any atom is -0.354 e. The Labute approximate surface area is 150 Å². The summed E-state index contributed by atoms with van der Waals surface area (Å²) >= 11 is 0. The molecule has 1 saturated carbocycles. The third-order valence-corrected chi connectivity index (χ3v) is 5.77. The molecule has 2 heterocycles. The van der Waals surface area contributed by atoms with E-state index in [1.165, 1.54) is 31.7 Å². The number of piperidine rings is 1. The molecule has 1 saturated heterocycles. The van der Waals surface area contributed by atoms with Gasteiger partial charge in [-0.3, -0.25) is 4.79 Å². The number of hydrogen-bond acceptors (Lipinski definition) is 3. The predicted octanol–water partition coefficient (Wildman–Crippen LogP) is 4.01. The van der Waals surface area contributed by atoms with Crippen molar-refractivity contribution in [2.45, 2.75) is 63.8 Å². The number of rotatable bonds is 7. The Balaban J connectivity index is 1.46. The Kier molecular flexibility index (Phi) is 6.65. The van der Waals surface area contributed by atoms with E-state index in [0.29, 0.717) is 17.8 Å². The Morgan fingerprint density at radius 2 is 2.08 bits per heavy atom. The van der Waals surface area contributed by atoms with E-state index in [1.807, 2.05) is 4.90 Å². The zero-order chi connectivity index (χ0) is 17.5. The lowest BCUT2D eigenvalue weighted by Gasteiger charge is -2.35. The quantitative estimate of drug-likeness (QED) is 0.699. The molecule has 0 aromatic carbocycles. The first-order valence-corrected chi connectivity index (χ1v) is 9.84. The molecule has 1 aliphatic carbocycles. The molecule has 0 bridgehead atoms. The van der Waals surface area contributed by atoms with E-state index in [-0.39, 0.29) is 5.82 Å². The smallest absolute Gasteiger partial charge is 0.209 e. The van der Waals surface area contributed by atoms with Gasteiger partial charge in [0.1, 0.15) is 0 Å². The summed E-state index contributed by atoms with van der Waals surface area (Å²) in [4.78, 5) is 19.8. The summed E-state index contributed by atoms with van der Waals surface area (Å²) in [7, 11) is 0. The van der Waals surface area contributed by atoms with Crippen LogP contribution in [0.5, 0.6) is 0 Å². The summed E-state index contributed by atoms with van der Waals surface area (Å²) in [6.45, 7) is 2.62. The number of nitrogens with zero attached hydrogens (tertiary/aromatic N) is 3. The second kappa shape index (κ2) is 9.16. The zero-order valence-electron chi connectivity index (χ0n) is 15.1. The van der Waals surface area contributed by atoms with E-state index < -0.39 is 0 Å². The van der Waals surface area contributed by atoms with Crippen molar-refractivity contribution >= 4 is 12.2 Å². The molecular weight excluding hydrogens is 317 g/mol. The number of amides is 1. The third kappa shape index (κ3) is 4.93. The summed E-state index contributed by atoms with van der Waals surface area (Å²) in [5, 5.41) is 0. The highest BCUT2D eigenvalue weighted by Crippen LogP contribution is 2.27. The molecule has 1 atom stereocenters. The maximum atomic E-state index is 14.0. The summed E-state index contributed by atoms with van der Waals surface area (Å²) < 4.78 is 14.0. The number of hydrogen-bond donors (Lipinski definition) is 0. The highest BCUT2D eigenvalue weighted by Gasteiger charge is 2.24. The number of anilines is 1. The summed E-state index contributed by atoms with van der Waals surface area (Å²) in [5.74, 6) is 0.825. The van der Waals surface area contributed by atoms with Crippen LogP contribution in [0.2, 0.25) is 0 Å². The first-order valence-electron chi connectivity index (χ1n) is 9.84. The lowest BCUT2D eigenvalue weighted by atomic mass is 9.92. The molecule has 1 aliphatic heterocycles. The monoisotopic (exact) mass is 347 g/mol. The van der Waals surface area contributed by atoms with Crippen molar-refractivity contribution in [3.8, 4) is 0 Å². The predicted molar refractivity (Wildman–Crippen MR) is 98.0 cm³/mol. The zero-order valence-corrected chi connectivity index (χ0v) is 15.1. The normalized spacial score (nSPS) is 22.0. The summed E-state index contributed by atoms with van der Waals surface area (Å²) in [6, 6.07) is 3.58. The molecule has 1 unspecified atom stereocenters. The summed E-state index contributed by atoms with van der Waals surface area (Å²) in [5.41, 5.74) is 0. The van der Waals surface area contributed by atoms with E-state index in [9.17, 15) is 9.18 Å². The number of aromatic nitrogens is 1. The van der Waals surface area contributed by atoms with Crippen LogP contribution in [-0.4, -0.2) is 42.0 Å². The van der Waals surface area contributed by atoms with Crippen molar-refractivity contribution in [3.05, 3.63) is 24.1 Å². The molecule has 0 spiro atoms. The fourth-order valence-electron chi connectivity index (χ4n) is 4.40. The van der Waals surface area contributed by atoms with Gasteiger partial charge >= 0.3 is 0 Å². The molecule has 1 aromatic heterocycles. The average molecular weight is 347 g/mol. The molecule has 138 valence electrons. The molecule has 0 radical (unpaired) electrons. The Morgan fingerprint density at radius 1 is 1.24 bits per heavy atom. The second-order valence-electron chi connectivity index (χ2n) is 7.54. The van der Waals surface area contributed by atoms with Crippen LogP contribution >= 0.6 is 0 Å². The van der Waals surface area contributed by atoms with E-state index in [2.05, 4.69) is 9.88 Å². The van der Waals surface area contributed by atoms with Gasteiger partial charge in [0.2, 0.25) is 6.41 Å². The van der Waals surface area contributed by atoms with E-state index in [1.54, 1.807) is 12.3 Å². The van der Waals surface area contributed by atoms with Crippen LogP contribution in [0.25, 0.3) is 0 Å². The number of carbonyl (C=O) groups excluding carboxylic acids is 1. The molecule has 1 aromatic rings. The number of pyridine rings is 1. The average Bonchev–Trinajstić information content (AvgIpc) is 2.66. The third-order valence-electron chi connectivity index (χ3n) is 5.77. The van der Waals surface area contributed by atoms with Gasteiger partial charge in [-0.1, -0.05) is 19.3 Å². The Bertz CT molecular complexity index is 547. The number of halogens is 1. The maximum absolute atomic E-state index is 14.0. The molecule has 0 N–H and O–H groups in total.